The van der Waals surface area contributed by atoms with Gasteiger partial charge in [0.1, 0.15) is 11.0 Å². The predicted octanol–water partition coefficient (Wildman–Crippen LogP) is 2.94. The van der Waals surface area contributed by atoms with Crippen LogP contribution in [0.5, 0.6) is 11.6 Å². The van der Waals surface area contributed by atoms with Gasteiger partial charge < -0.3 is 10.5 Å². The van der Waals surface area contributed by atoms with Gasteiger partial charge in [-0.1, -0.05) is 0 Å². The number of fused-ring (bicyclic) bond motifs is 1. The van der Waals surface area contributed by atoms with Gasteiger partial charge in [0, 0.05) is 0 Å². The molecular formula is C13H8N4OS. The lowest BCUT2D eigenvalue weighted by Gasteiger charge is -2.07. The van der Waals surface area contributed by atoms with Crippen molar-refractivity contribution in [2.45, 2.75) is 0 Å². The molecule has 19 heavy (non-hydrogen) atoms. The van der Waals surface area contributed by atoms with Gasteiger partial charge in [-0.05, 0) is 29.6 Å². The lowest BCUT2D eigenvalue weighted by Crippen LogP contribution is -1.94. The third-order valence-corrected chi connectivity index (χ3v) is 3.45. The van der Waals surface area contributed by atoms with Crippen LogP contribution in [-0.4, -0.2) is 9.97 Å². The molecule has 0 aliphatic heterocycles. The number of nitrogen functional groups attached to an aromatic ring is 1. The molecule has 1 aromatic carbocycles. The van der Waals surface area contributed by atoms with E-state index >= 15 is 0 Å². The summed E-state index contributed by atoms with van der Waals surface area (Å²) in [5.41, 5.74) is 7.58. The molecule has 0 atom stereocenters. The lowest BCUT2D eigenvalue weighted by atomic mass is 10.2. The van der Waals surface area contributed by atoms with Gasteiger partial charge in [0.05, 0.1) is 22.8 Å². The normalized spacial score (nSPS) is 10.3. The fourth-order valence-corrected chi connectivity index (χ4v) is 2.42. The summed E-state index contributed by atoms with van der Waals surface area (Å²) in [6, 6.07) is 8.81. The zero-order valence-corrected chi connectivity index (χ0v) is 10.5. The second-order valence-corrected chi connectivity index (χ2v) is 4.70. The quantitative estimate of drug-likeness (QED) is 0.722. The highest BCUT2D eigenvalue weighted by Gasteiger charge is 2.09. The molecule has 92 valence electrons. The maximum atomic E-state index is 8.79. The third kappa shape index (κ3) is 2.07. The van der Waals surface area contributed by atoms with E-state index in [4.69, 9.17) is 15.7 Å². The van der Waals surface area contributed by atoms with Gasteiger partial charge in [-0.25, -0.2) is 9.97 Å². The molecule has 6 heteroatoms. The van der Waals surface area contributed by atoms with Crippen molar-refractivity contribution in [3.8, 4) is 17.7 Å². The number of rotatable bonds is 2. The van der Waals surface area contributed by atoms with Crippen molar-refractivity contribution in [2.24, 2.45) is 0 Å². The summed E-state index contributed by atoms with van der Waals surface area (Å²) < 4.78 is 6.57. The molecule has 0 saturated heterocycles. The molecule has 0 saturated carbocycles. The topological polar surface area (TPSA) is 84.8 Å². The number of hydrogen-bond donors (Lipinski definition) is 1. The largest absolute Gasteiger partial charge is 0.435 e. The van der Waals surface area contributed by atoms with Crippen molar-refractivity contribution in [1.82, 2.24) is 9.97 Å². The zero-order valence-electron chi connectivity index (χ0n) is 9.70. The highest BCUT2D eigenvalue weighted by atomic mass is 32.1. The minimum Gasteiger partial charge on any atom is -0.435 e. The van der Waals surface area contributed by atoms with Crippen molar-refractivity contribution >= 4 is 27.2 Å². The summed E-state index contributed by atoms with van der Waals surface area (Å²) in [6.07, 6.45) is 1.45. The van der Waals surface area contributed by atoms with Crippen LogP contribution >= 0.6 is 11.3 Å². The Morgan fingerprint density at radius 1 is 1.26 bits per heavy atom. The fraction of sp³-hybridized carbons (Fsp3) is 0. The van der Waals surface area contributed by atoms with Crippen molar-refractivity contribution < 1.29 is 4.74 Å². The van der Waals surface area contributed by atoms with Gasteiger partial charge in [-0.2, -0.15) is 5.26 Å². The van der Waals surface area contributed by atoms with Crippen LogP contribution in [0.3, 0.4) is 0 Å². The van der Waals surface area contributed by atoms with Crippen LogP contribution in [0, 0.1) is 11.3 Å². The van der Waals surface area contributed by atoms with Gasteiger partial charge >= 0.3 is 0 Å². The molecule has 5 nitrogen and oxygen atoms in total. The second-order valence-electron chi connectivity index (χ2n) is 3.78. The molecule has 3 rings (SSSR count). The molecule has 0 amide bonds. The van der Waals surface area contributed by atoms with E-state index in [0.717, 1.165) is 10.2 Å². The average molecular weight is 268 g/mol. The van der Waals surface area contributed by atoms with Gasteiger partial charge in [-0.15, -0.1) is 11.3 Å². The Kier molecular flexibility index (Phi) is 2.74. The van der Waals surface area contributed by atoms with Crippen molar-refractivity contribution in [2.75, 3.05) is 5.73 Å². The first-order valence-corrected chi connectivity index (χ1v) is 6.31. The summed E-state index contributed by atoms with van der Waals surface area (Å²) in [5.74, 6) is 0.948. The number of thiophene rings is 1. The van der Waals surface area contributed by atoms with Crippen LogP contribution < -0.4 is 10.5 Å². The first-order valence-electron chi connectivity index (χ1n) is 5.43. The molecule has 0 aliphatic carbocycles. The van der Waals surface area contributed by atoms with E-state index < -0.39 is 0 Å². The van der Waals surface area contributed by atoms with E-state index in [9.17, 15) is 0 Å². The monoisotopic (exact) mass is 268 g/mol. The number of nitriles is 1. The molecule has 0 aliphatic rings. The maximum absolute atomic E-state index is 8.79. The van der Waals surface area contributed by atoms with Crippen molar-refractivity contribution in [1.29, 1.82) is 5.26 Å². The van der Waals surface area contributed by atoms with Crippen LogP contribution in [0.2, 0.25) is 0 Å². The molecule has 2 N–H and O–H groups in total. The number of anilines is 1. The molecule has 2 aromatic heterocycles. The SMILES string of the molecule is N#Cc1ccc(Oc2ncnc3ccsc23)c(N)c1. The van der Waals surface area contributed by atoms with Gasteiger partial charge in [0.2, 0.25) is 5.88 Å². The molecule has 0 radical (unpaired) electrons. The maximum Gasteiger partial charge on any atom is 0.240 e. The average Bonchev–Trinajstić information content (AvgIpc) is 2.90. The molecule has 0 spiro atoms. The number of aromatic nitrogens is 2. The summed E-state index contributed by atoms with van der Waals surface area (Å²) in [5, 5.41) is 10.7. The first kappa shape index (κ1) is 11.4. The lowest BCUT2D eigenvalue weighted by molar-refractivity contribution is 0.471. The number of nitrogens with two attached hydrogens (primary N) is 1. The minimum absolute atomic E-state index is 0.405. The first-order chi connectivity index (χ1) is 9.28. The van der Waals surface area contributed by atoms with E-state index in [1.807, 2.05) is 17.5 Å². The number of benzene rings is 1. The van der Waals surface area contributed by atoms with Gasteiger partial charge in [0.15, 0.2) is 5.75 Å². The van der Waals surface area contributed by atoms with E-state index in [1.54, 1.807) is 18.2 Å². The molecule has 2 heterocycles. The van der Waals surface area contributed by atoms with Crippen molar-refractivity contribution in [3.63, 3.8) is 0 Å². The highest BCUT2D eigenvalue weighted by Crippen LogP contribution is 2.33. The smallest absolute Gasteiger partial charge is 0.240 e. The fourth-order valence-electron chi connectivity index (χ4n) is 1.65. The zero-order chi connectivity index (χ0) is 13.2. The van der Waals surface area contributed by atoms with Crippen LogP contribution in [0.1, 0.15) is 5.56 Å². The van der Waals surface area contributed by atoms with Gasteiger partial charge in [-0.3, -0.25) is 0 Å². The molecule has 3 aromatic rings. The van der Waals surface area contributed by atoms with Crippen LogP contribution in [-0.2, 0) is 0 Å². The summed E-state index contributed by atoms with van der Waals surface area (Å²) in [4.78, 5) is 8.25. The molecule has 0 fully saturated rings. The summed E-state index contributed by atoms with van der Waals surface area (Å²) in [6.45, 7) is 0. The second kappa shape index (κ2) is 4.55. The molecule has 0 unspecified atom stereocenters. The number of ether oxygens (including phenoxy) is 1. The predicted molar refractivity (Wildman–Crippen MR) is 73.1 cm³/mol. The third-order valence-electron chi connectivity index (χ3n) is 2.56. The molecular weight excluding hydrogens is 260 g/mol. The Bertz CT molecular complexity index is 791. The molecule has 0 bridgehead atoms. The Morgan fingerprint density at radius 3 is 2.95 bits per heavy atom. The van der Waals surface area contributed by atoms with Crippen LogP contribution in [0.25, 0.3) is 10.2 Å². The van der Waals surface area contributed by atoms with E-state index in [2.05, 4.69) is 9.97 Å². The van der Waals surface area contributed by atoms with Gasteiger partial charge in [0.25, 0.3) is 0 Å². The Morgan fingerprint density at radius 2 is 2.16 bits per heavy atom. The van der Waals surface area contributed by atoms with E-state index in [0.29, 0.717) is 22.9 Å². The highest BCUT2D eigenvalue weighted by molar-refractivity contribution is 7.17. The Labute approximate surface area is 112 Å². The Hall–Kier alpha value is -2.65. The minimum atomic E-state index is 0.405. The summed E-state index contributed by atoms with van der Waals surface area (Å²) in [7, 11) is 0. The summed E-state index contributed by atoms with van der Waals surface area (Å²) >= 11 is 1.50. The van der Waals surface area contributed by atoms with E-state index in [1.165, 1.54) is 17.7 Å². The van der Waals surface area contributed by atoms with Crippen LogP contribution in [0.15, 0.2) is 36.0 Å². The number of hydrogen-bond acceptors (Lipinski definition) is 6. The number of nitrogens with zero attached hydrogens (tertiary/aromatic N) is 3. The van der Waals surface area contributed by atoms with Crippen molar-refractivity contribution in [3.05, 3.63) is 41.5 Å². The van der Waals surface area contributed by atoms with Crippen LogP contribution in [0.4, 0.5) is 5.69 Å². The van der Waals surface area contributed by atoms with E-state index in [-0.39, 0.29) is 0 Å². The standard InChI is InChI=1S/C13H8N4OS/c14-6-8-1-2-11(9(15)5-8)18-13-12-10(3-4-19-12)16-7-17-13/h1-5,7H,15H2. The Balaban J connectivity index is 2.02.